The molecule has 0 aliphatic heterocycles. The van der Waals surface area contributed by atoms with Gasteiger partial charge in [0.05, 0.1) is 0 Å². The van der Waals surface area contributed by atoms with E-state index >= 15 is 0 Å². The second kappa shape index (κ2) is 16.1. The minimum atomic E-state index is -0.432. The fraction of sp³-hybridized carbons (Fsp3) is 0.375. The van der Waals surface area contributed by atoms with Crippen LogP contribution in [0.1, 0.15) is 82.4 Å². The van der Waals surface area contributed by atoms with Crippen molar-refractivity contribution in [3.8, 4) is 5.75 Å². The van der Waals surface area contributed by atoms with E-state index in [1.165, 1.54) is 22.3 Å². The summed E-state index contributed by atoms with van der Waals surface area (Å²) in [6.45, 7) is 13.1. The van der Waals surface area contributed by atoms with Crippen LogP contribution in [-0.4, -0.2) is 36.4 Å². The van der Waals surface area contributed by atoms with Gasteiger partial charge in [0.15, 0.2) is 0 Å². The zero-order valence-electron chi connectivity index (χ0n) is 26.5. The number of phenolic OH excluding ortho intramolecular Hbond substituents is 1. The number of rotatable bonds is 8. The zero-order valence-corrected chi connectivity index (χ0v) is 26.5. The van der Waals surface area contributed by atoms with E-state index in [1.807, 2.05) is 45.0 Å². The Kier molecular flexibility index (Phi) is 13.0. The van der Waals surface area contributed by atoms with Gasteiger partial charge in [0.2, 0.25) is 0 Å². The minimum absolute atomic E-state index is 0.00412. The van der Waals surface area contributed by atoms with Crippen LogP contribution in [0.3, 0.4) is 0 Å². The Morgan fingerprint density at radius 3 is 1.27 bits per heavy atom. The Morgan fingerprint density at radius 2 is 0.955 bits per heavy atom. The molecule has 2 aromatic heterocycles. The van der Waals surface area contributed by atoms with Crippen molar-refractivity contribution in [3.63, 3.8) is 0 Å². The third-order valence-corrected chi connectivity index (χ3v) is 6.68. The Bertz CT molecular complexity index is 1530. The molecule has 238 valence electrons. The van der Waals surface area contributed by atoms with Gasteiger partial charge in [-0.1, -0.05) is 42.0 Å². The Labute approximate surface area is 256 Å². The van der Waals surface area contributed by atoms with Gasteiger partial charge in [-0.2, -0.15) is 0 Å². The number of nitrogens with one attached hydrogen (secondary N) is 4. The lowest BCUT2D eigenvalue weighted by atomic mass is 10.1. The van der Waals surface area contributed by atoms with E-state index in [9.17, 15) is 24.3 Å². The first-order chi connectivity index (χ1) is 20.8. The number of aromatic nitrogens is 4. The molecule has 0 radical (unpaired) electrons. The highest BCUT2D eigenvalue weighted by Crippen LogP contribution is 2.19. The number of aromatic hydroxyl groups is 1. The number of benzene rings is 2. The van der Waals surface area contributed by atoms with Crippen molar-refractivity contribution < 1.29 is 10.2 Å². The number of aliphatic hydroxyl groups is 1. The lowest BCUT2D eigenvalue weighted by Crippen LogP contribution is -2.36. The first-order valence-electron chi connectivity index (χ1n) is 14.3. The van der Waals surface area contributed by atoms with Gasteiger partial charge in [-0.3, -0.25) is 28.7 Å². The van der Waals surface area contributed by atoms with Crippen LogP contribution in [0.15, 0.2) is 79.8 Å². The summed E-state index contributed by atoms with van der Waals surface area (Å²) >= 11 is 0. The molecule has 2 aromatic carbocycles. The van der Waals surface area contributed by atoms with E-state index in [1.54, 1.807) is 52.0 Å². The molecular weight excluding hydrogens is 564 g/mol. The predicted molar refractivity (Wildman–Crippen MR) is 175 cm³/mol. The summed E-state index contributed by atoms with van der Waals surface area (Å²) in [6.07, 6.45) is 0. The monoisotopic (exact) mass is 608 g/mol. The smallest absolute Gasteiger partial charge is 0.330 e. The van der Waals surface area contributed by atoms with Gasteiger partial charge < -0.3 is 20.8 Å². The lowest BCUT2D eigenvalue weighted by molar-refractivity contribution is 0.399. The Hall–Kier alpha value is -4.84. The summed E-state index contributed by atoms with van der Waals surface area (Å²) in [5.74, 6) is 1.01. The number of phenols is 1. The maximum atomic E-state index is 12.0. The van der Waals surface area contributed by atoms with Crippen molar-refractivity contribution in [2.24, 2.45) is 0 Å². The number of hydrogen-bond acceptors (Lipinski definition) is 8. The number of anilines is 2. The number of hydrogen-bond donors (Lipinski definition) is 6. The molecule has 0 aliphatic carbocycles. The predicted octanol–water partition coefficient (Wildman–Crippen LogP) is 4.20. The molecule has 0 spiro atoms. The van der Waals surface area contributed by atoms with Crippen LogP contribution < -0.4 is 33.1 Å². The van der Waals surface area contributed by atoms with E-state index in [4.69, 9.17) is 5.11 Å². The summed E-state index contributed by atoms with van der Waals surface area (Å²) in [4.78, 5) is 53.1. The van der Waals surface area contributed by atoms with Gasteiger partial charge in [-0.25, -0.2) is 9.59 Å². The Morgan fingerprint density at radius 1 is 0.614 bits per heavy atom. The largest absolute Gasteiger partial charge is 0.508 e. The number of aryl methyl sites for hydroxylation is 1. The van der Waals surface area contributed by atoms with Crippen molar-refractivity contribution in [1.82, 2.24) is 19.1 Å². The highest BCUT2D eigenvalue weighted by molar-refractivity contribution is 5.39. The van der Waals surface area contributed by atoms with Gasteiger partial charge in [0, 0.05) is 43.4 Å². The quantitative estimate of drug-likeness (QED) is 0.173. The molecule has 2 heterocycles. The highest BCUT2D eigenvalue weighted by atomic mass is 16.3. The fourth-order valence-corrected chi connectivity index (χ4v) is 4.39. The average molecular weight is 609 g/mol. The molecule has 12 nitrogen and oxygen atoms in total. The molecule has 0 bridgehead atoms. The van der Waals surface area contributed by atoms with Crippen molar-refractivity contribution in [2.45, 2.75) is 72.6 Å². The zero-order chi connectivity index (χ0) is 33.1. The molecule has 0 saturated carbocycles. The first-order valence-corrected chi connectivity index (χ1v) is 14.3. The van der Waals surface area contributed by atoms with Gasteiger partial charge in [-0.05, 0) is 71.7 Å². The van der Waals surface area contributed by atoms with E-state index in [-0.39, 0.29) is 41.0 Å². The summed E-state index contributed by atoms with van der Waals surface area (Å²) in [5, 5.41) is 22.5. The van der Waals surface area contributed by atoms with Crippen molar-refractivity contribution >= 4 is 11.6 Å². The molecule has 4 aromatic rings. The van der Waals surface area contributed by atoms with Crippen molar-refractivity contribution in [1.29, 1.82) is 0 Å². The third-order valence-electron chi connectivity index (χ3n) is 6.68. The van der Waals surface area contributed by atoms with Crippen LogP contribution in [0.25, 0.3) is 0 Å². The van der Waals surface area contributed by atoms with Gasteiger partial charge in [0.1, 0.15) is 17.4 Å². The standard InChI is InChI=1S/C16H21N3O2.C15H19N3O3.CH4O/c1-10(2)19-15(20)9-14(18-16(19)21)17-12(4)13-7-5-11(3)6-8-13;1-9(2)18-14(20)8-13(17-15(18)21)16-10(3)11-4-6-12(19)7-5-11;1-2/h5-10,12,17H,1-4H3,(H,18,21);4-10,16,19H,1-3H3,(H,17,21);2H,1H3/t12-;10-;/m00./s1. The van der Waals surface area contributed by atoms with Crippen LogP contribution in [0.4, 0.5) is 11.6 Å². The van der Waals surface area contributed by atoms with Crippen LogP contribution >= 0.6 is 0 Å². The molecule has 0 fully saturated rings. The minimum Gasteiger partial charge on any atom is -0.508 e. The first kappa shape index (κ1) is 35.4. The van der Waals surface area contributed by atoms with E-state index < -0.39 is 11.4 Å². The molecule has 0 unspecified atom stereocenters. The van der Waals surface area contributed by atoms with Crippen molar-refractivity contribution in [2.75, 3.05) is 17.7 Å². The third kappa shape index (κ3) is 9.60. The van der Waals surface area contributed by atoms with Crippen LogP contribution in [-0.2, 0) is 0 Å². The second-order valence-electron chi connectivity index (χ2n) is 10.8. The van der Waals surface area contributed by atoms with E-state index in [0.717, 1.165) is 22.8 Å². The lowest BCUT2D eigenvalue weighted by Gasteiger charge is -2.16. The molecule has 44 heavy (non-hydrogen) atoms. The van der Waals surface area contributed by atoms with E-state index in [0.29, 0.717) is 11.6 Å². The molecule has 0 amide bonds. The van der Waals surface area contributed by atoms with Gasteiger partial charge >= 0.3 is 11.4 Å². The topological polar surface area (TPSA) is 174 Å². The fourth-order valence-electron chi connectivity index (χ4n) is 4.39. The summed E-state index contributed by atoms with van der Waals surface area (Å²) < 4.78 is 2.36. The number of aliphatic hydroxyl groups excluding tert-OH is 1. The maximum Gasteiger partial charge on any atom is 0.330 e. The van der Waals surface area contributed by atoms with E-state index in [2.05, 4.69) is 20.6 Å². The molecule has 2 atom stereocenters. The summed E-state index contributed by atoms with van der Waals surface area (Å²) in [5.41, 5.74) is 1.76. The van der Waals surface area contributed by atoms with Crippen molar-refractivity contribution in [3.05, 3.63) is 119 Å². The van der Waals surface area contributed by atoms with Gasteiger partial charge in [0.25, 0.3) is 11.1 Å². The molecule has 0 aliphatic rings. The number of nitrogens with zero attached hydrogens (tertiary/aromatic N) is 2. The van der Waals surface area contributed by atoms with Crippen LogP contribution in [0.5, 0.6) is 5.75 Å². The normalized spacial score (nSPS) is 12.0. The molecule has 0 saturated heterocycles. The maximum absolute atomic E-state index is 12.0. The van der Waals surface area contributed by atoms with Crippen LogP contribution in [0.2, 0.25) is 0 Å². The number of aromatic amines is 2. The summed E-state index contributed by atoms with van der Waals surface area (Å²) in [7, 11) is 1.00. The second-order valence-corrected chi connectivity index (χ2v) is 10.8. The SMILES string of the molecule is CC(C)n1c(=O)cc(N[C@@H](C)c2ccc(O)cc2)[nH]c1=O.CO.Cc1ccc([C@H](C)Nc2cc(=O)n(C(C)C)c(=O)[nH]2)cc1. The molecule has 4 rings (SSSR count). The molecule has 12 heteroatoms. The van der Waals surface area contributed by atoms with Crippen LogP contribution in [0, 0.1) is 6.92 Å². The van der Waals surface area contributed by atoms with Gasteiger partial charge in [-0.15, -0.1) is 0 Å². The number of H-pyrrole nitrogens is 2. The summed E-state index contributed by atoms with van der Waals surface area (Å²) in [6, 6.07) is 17.2. The highest BCUT2D eigenvalue weighted by Gasteiger charge is 2.12. The molecule has 6 N–H and O–H groups in total. The molecular formula is C32H44N6O6. The average Bonchev–Trinajstić information content (AvgIpc) is 2.94. The Balaban J connectivity index is 0.000000291.